The SMILES string of the molecule is O=C(N/C(=C\Nc1ccc(Cl)cn1)[P+](c1ccccc1)(c1ccccc1)c1ccccc1)c1ccccc1. The fraction of sp³-hybridized carbons (Fsp3) is 0. The normalized spacial score (nSPS) is 11.6. The van der Waals surface area contributed by atoms with E-state index in [9.17, 15) is 4.79 Å². The largest absolute Gasteiger partial charge is 0.342 e. The van der Waals surface area contributed by atoms with Crippen molar-refractivity contribution in [2.45, 2.75) is 0 Å². The predicted molar refractivity (Wildman–Crippen MR) is 160 cm³/mol. The van der Waals surface area contributed by atoms with Crippen LogP contribution in [-0.4, -0.2) is 10.9 Å². The second kappa shape index (κ2) is 11.9. The summed E-state index contributed by atoms with van der Waals surface area (Å²) in [5, 5.41) is 10.5. The Labute approximate surface area is 228 Å². The number of aromatic nitrogens is 1. The Bertz CT molecular complexity index is 1410. The van der Waals surface area contributed by atoms with Gasteiger partial charge in [0.25, 0.3) is 5.91 Å². The molecular formula is C32H26ClN3OP+. The lowest BCUT2D eigenvalue weighted by Crippen LogP contribution is -2.38. The average Bonchev–Trinajstić information content (AvgIpc) is 2.99. The molecule has 186 valence electrons. The summed E-state index contributed by atoms with van der Waals surface area (Å²) < 4.78 is 0. The minimum absolute atomic E-state index is 0.185. The van der Waals surface area contributed by atoms with Gasteiger partial charge in [0.05, 0.1) is 11.2 Å². The number of nitrogens with one attached hydrogen (secondary N) is 2. The molecule has 0 aliphatic carbocycles. The first-order chi connectivity index (χ1) is 18.7. The zero-order valence-corrected chi connectivity index (χ0v) is 22.2. The molecule has 0 aliphatic heterocycles. The van der Waals surface area contributed by atoms with E-state index in [2.05, 4.69) is 52.0 Å². The number of anilines is 1. The number of carbonyl (C=O) groups is 1. The topological polar surface area (TPSA) is 54.0 Å². The molecule has 0 saturated carbocycles. The number of carbonyl (C=O) groups excluding carboxylic acids is 1. The lowest BCUT2D eigenvalue weighted by molar-refractivity contribution is 0.0968. The molecule has 6 heteroatoms. The standard InChI is InChI=1S/C32H25ClN3OP/c33-26-21-22-30(34-23-26)35-24-31(36-32(37)25-13-5-1-6-14-25)38(27-15-7-2-8-16-27,28-17-9-3-10-18-28)29-19-11-4-12-20-29/h1-24H,(H-,34,35,36,37)/p+1/b31-24+. The Hall–Kier alpha value is -4.24. The van der Waals surface area contributed by atoms with Gasteiger partial charge in [-0.05, 0) is 60.7 Å². The summed E-state index contributed by atoms with van der Waals surface area (Å²) in [7, 11) is -2.57. The molecule has 0 spiro atoms. The van der Waals surface area contributed by atoms with Crippen molar-refractivity contribution >= 4 is 46.5 Å². The van der Waals surface area contributed by atoms with E-state index >= 15 is 0 Å². The van der Waals surface area contributed by atoms with Gasteiger partial charge in [-0.2, -0.15) is 0 Å². The number of halogens is 1. The van der Waals surface area contributed by atoms with Crippen LogP contribution in [-0.2, 0) is 0 Å². The van der Waals surface area contributed by atoms with Crippen molar-refractivity contribution < 1.29 is 4.79 Å². The lowest BCUT2D eigenvalue weighted by Gasteiger charge is -2.29. The molecule has 2 N–H and O–H groups in total. The molecule has 0 saturated heterocycles. The summed E-state index contributed by atoms with van der Waals surface area (Å²) in [4.78, 5) is 18.1. The minimum Gasteiger partial charge on any atom is -0.342 e. The van der Waals surface area contributed by atoms with Gasteiger partial charge in [0.15, 0.2) is 12.7 Å². The van der Waals surface area contributed by atoms with Crippen LogP contribution in [0.1, 0.15) is 10.4 Å². The van der Waals surface area contributed by atoms with Crippen LogP contribution in [0.5, 0.6) is 0 Å². The zero-order valence-electron chi connectivity index (χ0n) is 20.5. The van der Waals surface area contributed by atoms with Crippen LogP contribution in [0, 0.1) is 0 Å². The van der Waals surface area contributed by atoms with Crippen LogP contribution in [0.15, 0.2) is 151 Å². The number of hydrogen-bond donors (Lipinski definition) is 2. The number of amides is 1. The molecule has 0 aliphatic rings. The lowest BCUT2D eigenvalue weighted by atomic mass is 10.2. The molecule has 0 bridgehead atoms. The van der Waals surface area contributed by atoms with Crippen molar-refractivity contribution in [1.29, 1.82) is 0 Å². The predicted octanol–water partition coefficient (Wildman–Crippen LogP) is 6.37. The van der Waals surface area contributed by atoms with Gasteiger partial charge in [-0.25, -0.2) is 4.98 Å². The molecule has 1 amide bonds. The van der Waals surface area contributed by atoms with Crippen LogP contribution < -0.4 is 26.5 Å². The van der Waals surface area contributed by atoms with E-state index in [-0.39, 0.29) is 5.91 Å². The summed E-state index contributed by atoms with van der Waals surface area (Å²) >= 11 is 6.07. The maximum Gasteiger partial charge on any atom is 0.258 e. The Kier molecular flexibility index (Phi) is 7.94. The number of hydrogen-bond acceptors (Lipinski definition) is 3. The van der Waals surface area contributed by atoms with E-state index in [1.54, 1.807) is 12.3 Å². The maximum atomic E-state index is 13.7. The van der Waals surface area contributed by atoms with Crippen molar-refractivity contribution in [3.63, 3.8) is 0 Å². The summed E-state index contributed by atoms with van der Waals surface area (Å²) in [6, 6.07) is 43.9. The highest BCUT2D eigenvalue weighted by Gasteiger charge is 2.50. The maximum absolute atomic E-state index is 13.7. The van der Waals surface area contributed by atoms with E-state index in [0.717, 1.165) is 21.4 Å². The van der Waals surface area contributed by atoms with Gasteiger partial charge in [0.2, 0.25) is 0 Å². The second-order valence-electron chi connectivity index (χ2n) is 8.53. The van der Waals surface area contributed by atoms with Gasteiger partial charge in [-0.15, -0.1) is 0 Å². The highest BCUT2D eigenvalue weighted by Crippen LogP contribution is 2.61. The van der Waals surface area contributed by atoms with Gasteiger partial charge >= 0.3 is 0 Å². The Morgan fingerprint density at radius 2 is 1.13 bits per heavy atom. The number of benzene rings is 4. The molecule has 5 aromatic rings. The van der Waals surface area contributed by atoms with Gasteiger partial charge < -0.3 is 5.32 Å². The Morgan fingerprint density at radius 3 is 1.58 bits per heavy atom. The highest BCUT2D eigenvalue weighted by atomic mass is 35.5. The van der Waals surface area contributed by atoms with Gasteiger partial charge in [0.1, 0.15) is 21.7 Å². The van der Waals surface area contributed by atoms with Crippen LogP contribution in [0.4, 0.5) is 5.82 Å². The van der Waals surface area contributed by atoms with Gasteiger partial charge in [0, 0.05) is 11.8 Å². The summed E-state index contributed by atoms with van der Waals surface area (Å²) in [6.07, 6.45) is 3.46. The molecule has 5 rings (SSSR count). The fourth-order valence-electron chi connectivity index (χ4n) is 4.42. The van der Waals surface area contributed by atoms with E-state index in [0.29, 0.717) is 16.4 Å². The van der Waals surface area contributed by atoms with Crippen LogP contribution >= 0.6 is 18.9 Å². The van der Waals surface area contributed by atoms with Gasteiger partial charge in [-0.3, -0.25) is 10.1 Å². The molecule has 0 fully saturated rings. The minimum atomic E-state index is -2.57. The van der Waals surface area contributed by atoms with Crippen molar-refractivity contribution in [3.05, 3.63) is 162 Å². The molecule has 38 heavy (non-hydrogen) atoms. The van der Waals surface area contributed by atoms with Crippen molar-refractivity contribution in [1.82, 2.24) is 10.3 Å². The van der Waals surface area contributed by atoms with E-state index < -0.39 is 7.26 Å². The monoisotopic (exact) mass is 534 g/mol. The van der Waals surface area contributed by atoms with E-state index in [1.165, 1.54) is 0 Å². The summed E-state index contributed by atoms with van der Waals surface area (Å²) in [5.74, 6) is 0.433. The van der Waals surface area contributed by atoms with Crippen LogP contribution in [0.3, 0.4) is 0 Å². The molecule has 0 radical (unpaired) electrons. The molecule has 1 aromatic heterocycles. The third-order valence-electron chi connectivity index (χ3n) is 6.15. The smallest absolute Gasteiger partial charge is 0.258 e. The van der Waals surface area contributed by atoms with Crippen LogP contribution in [0.2, 0.25) is 5.02 Å². The first-order valence-electron chi connectivity index (χ1n) is 12.2. The third kappa shape index (κ3) is 5.38. The molecule has 1 heterocycles. The van der Waals surface area contributed by atoms with Gasteiger partial charge in [-0.1, -0.05) is 84.4 Å². The summed E-state index contributed by atoms with van der Waals surface area (Å²) in [5.41, 5.74) is 1.34. The Balaban J connectivity index is 1.76. The van der Waals surface area contributed by atoms with Crippen LogP contribution in [0.25, 0.3) is 0 Å². The van der Waals surface area contributed by atoms with Crippen molar-refractivity contribution in [2.75, 3.05) is 5.32 Å². The number of rotatable bonds is 8. The first-order valence-corrected chi connectivity index (χ1v) is 14.4. The average molecular weight is 535 g/mol. The number of pyridine rings is 1. The highest BCUT2D eigenvalue weighted by molar-refractivity contribution is 7.99. The molecule has 0 unspecified atom stereocenters. The number of nitrogens with zero attached hydrogens (tertiary/aromatic N) is 1. The zero-order chi connectivity index (χ0) is 26.2. The van der Waals surface area contributed by atoms with Crippen molar-refractivity contribution in [3.8, 4) is 0 Å². The summed E-state index contributed by atoms with van der Waals surface area (Å²) in [6.45, 7) is 0. The molecular weight excluding hydrogens is 509 g/mol. The second-order valence-corrected chi connectivity index (χ2v) is 12.3. The quantitative estimate of drug-likeness (QED) is 0.227. The molecule has 4 aromatic carbocycles. The van der Waals surface area contributed by atoms with E-state index in [1.807, 2.05) is 97.2 Å². The third-order valence-corrected chi connectivity index (χ3v) is 10.6. The van der Waals surface area contributed by atoms with Crippen molar-refractivity contribution in [2.24, 2.45) is 0 Å². The molecule has 4 nitrogen and oxygen atoms in total. The fourth-order valence-corrected chi connectivity index (χ4v) is 8.64. The Morgan fingerprint density at radius 1 is 0.658 bits per heavy atom. The molecule has 0 atom stereocenters. The first kappa shape index (κ1) is 25.4. The van der Waals surface area contributed by atoms with E-state index in [4.69, 9.17) is 11.6 Å².